The van der Waals surface area contributed by atoms with Crippen LogP contribution >= 0.6 is 0 Å². The second kappa shape index (κ2) is 7.39. The summed E-state index contributed by atoms with van der Waals surface area (Å²) in [4.78, 5) is 17.0. The molecule has 2 amide bonds. The summed E-state index contributed by atoms with van der Waals surface area (Å²) >= 11 is 0. The van der Waals surface area contributed by atoms with Crippen molar-refractivity contribution in [1.82, 2.24) is 10.2 Å². The summed E-state index contributed by atoms with van der Waals surface area (Å²) in [5.74, 6) is 0. The van der Waals surface area contributed by atoms with Gasteiger partial charge in [0.15, 0.2) is 9.84 Å². The summed E-state index contributed by atoms with van der Waals surface area (Å²) < 4.78 is 24.5. The molecular weight excluding hydrogens is 398 g/mol. The molecule has 1 heterocycles. The molecule has 0 bridgehead atoms. The summed E-state index contributed by atoms with van der Waals surface area (Å²) in [5.41, 5.74) is 1.36. The predicted molar refractivity (Wildman–Crippen MR) is 118 cm³/mol. The summed E-state index contributed by atoms with van der Waals surface area (Å²) in [6, 6.07) is 17.1. The van der Waals surface area contributed by atoms with Crippen molar-refractivity contribution in [3.8, 4) is 0 Å². The van der Waals surface area contributed by atoms with Gasteiger partial charge >= 0.3 is 6.03 Å². The van der Waals surface area contributed by atoms with E-state index >= 15 is 0 Å². The molecule has 1 saturated heterocycles. The molecule has 1 aliphatic carbocycles. The van der Waals surface area contributed by atoms with Crippen molar-refractivity contribution in [3.63, 3.8) is 0 Å². The number of anilines is 1. The molecule has 1 saturated carbocycles. The lowest BCUT2D eigenvalue weighted by Crippen LogP contribution is -2.54. The second-order valence-electron chi connectivity index (χ2n) is 8.83. The highest BCUT2D eigenvalue weighted by Gasteiger charge is 2.50. The Morgan fingerprint density at radius 3 is 2.13 bits per heavy atom. The van der Waals surface area contributed by atoms with Crippen LogP contribution in [0.3, 0.4) is 0 Å². The fraction of sp³-hybridized carbons (Fsp3) is 0.435. The lowest BCUT2D eigenvalue weighted by Gasteiger charge is -2.48. The van der Waals surface area contributed by atoms with Gasteiger partial charge in [0.25, 0.3) is 0 Å². The molecule has 2 aromatic rings. The van der Waals surface area contributed by atoms with Gasteiger partial charge < -0.3 is 5.32 Å². The van der Waals surface area contributed by atoms with Crippen LogP contribution in [0.4, 0.5) is 10.5 Å². The van der Waals surface area contributed by atoms with Gasteiger partial charge in [0.2, 0.25) is 0 Å². The third kappa shape index (κ3) is 3.50. The molecular formula is C23H29N3O3S. The summed E-state index contributed by atoms with van der Waals surface area (Å²) in [6.07, 6.45) is 4.70. The second-order valence-corrected chi connectivity index (χ2v) is 10.8. The number of rotatable bonds is 4. The summed E-state index contributed by atoms with van der Waals surface area (Å²) in [7, 11) is 0.805. The predicted octanol–water partition coefficient (Wildman–Crippen LogP) is 3.39. The molecule has 2 aromatic carbocycles. The first-order chi connectivity index (χ1) is 14.2. The lowest BCUT2D eigenvalue weighted by molar-refractivity contribution is 0.0658. The fourth-order valence-electron chi connectivity index (χ4n) is 5.06. The number of sulfone groups is 1. The Morgan fingerprint density at radius 2 is 1.53 bits per heavy atom. The maximum absolute atomic E-state index is 12.9. The number of para-hydroxylation sites is 1. The first-order valence-electron chi connectivity index (χ1n) is 10.3. The average Bonchev–Trinajstić information content (AvgIpc) is 3.04. The largest absolute Gasteiger partial charge is 0.330 e. The van der Waals surface area contributed by atoms with E-state index in [-0.39, 0.29) is 22.0 Å². The number of urea groups is 1. The van der Waals surface area contributed by atoms with E-state index in [0.717, 1.165) is 25.7 Å². The third-order valence-electron chi connectivity index (χ3n) is 6.84. The van der Waals surface area contributed by atoms with Crippen LogP contribution in [0.2, 0.25) is 0 Å². The number of benzene rings is 2. The molecule has 7 heteroatoms. The fourth-order valence-corrected chi connectivity index (χ4v) is 5.95. The standard InChI is InChI=1S/C23H29N3O3S/c1-25(2)23(18-9-5-4-6-10-18)15-13-22(14-16-23)17-26(21(27)24-22)19-11-7-8-12-20(19)30(3,28)29/h4-12H,13-17H2,1-3H3,(H,24,27)/t22-,23+. The Kier molecular flexibility index (Phi) is 5.14. The van der Waals surface area contributed by atoms with Crippen molar-refractivity contribution in [2.45, 2.75) is 41.7 Å². The van der Waals surface area contributed by atoms with E-state index in [1.807, 2.05) is 6.07 Å². The highest BCUT2D eigenvalue weighted by Crippen LogP contribution is 2.46. The van der Waals surface area contributed by atoms with E-state index in [1.54, 1.807) is 29.2 Å². The van der Waals surface area contributed by atoms with Gasteiger partial charge in [0.05, 0.1) is 22.7 Å². The Hall–Kier alpha value is -2.38. The van der Waals surface area contributed by atoms with E-state index in [4.69, 9.17) is 0 Å². The molecule has 2 aliphatic rings. The highest BCUT2D eigenvalue weighted by atomic mass is 32.2. The van der Waals surface area contributed by atoms with E-state index in [1.165, 1.54) is 11.8 Å². The lowest BCUT2D eigenvalue weighted by atomic mass is 9.69. The maximum atomic E-state index is 12.9. The Bertz CT molecular complexity index is 1040. The number of carbonyl (C=O) groups excluding carboxylic acids is 1. The van der Waals surface area contributed by atoms with Gasteiger partial charge in [-0.1, -0.05) is 42.5 Å². The zero-order valence-electron chi connectivity index (χ0n) is 17.8. The Morgan fingerprint density at radius 1 is 0.933 bits per heavy atom. The van der Waals surface area contributed by atoms with E-state index < -0.39 is 9.84 Å². The average molecular weight is 428 g/mol. The van der Waals surface area contributed by atoms with Crippen LogP contribution in [0.1, 0.15) is 31.2 Å². The van der Waals surface area contributed by atoms with Gasteiger partial charge in [-0.25, -0.2) is 13.2 Å². The minimum atomic E-state index is -3.43. The van der Waals surface area contributed by atoms with Crippen LogP contribution < -0.4 is 10.2 Å². The Labute approximate surface area is 178 Å². The smallest absolute Gasteiger partial charge is 0.322 e. The Balaban J connectivity index is 1.60. The van der Waals surface area contributed by atoms with Crippen LogP contribution in [0, 0.1) is 0 Å². The normalized spacial score (nSPS) is 26.9. The van der Waals surface area contributed by atoms with Gasteiger partial charge in [-0.2, -0.15) is 0 Å². The van der Waals surface area contributed by atoms with Crippen LogP contribution in [0.15, 0.2) is 59.5 Å². The molecule has 0 unspecified atom stereocenters. The van der Waals surface area contributed by atoms with Gasteiger partial charge in [0, 0.05) is 11.8 Å². The van der Waals surface area contributed by atoms with Crippen LogP contribution in [0.5, 0.6) is 0 Å². The molecule has 0 atom stereocenters. The number of carbonyl (C=O) groups is 1. The van der Waals surface area contributed by atoms with Gasteiger partial charge in [-0.15, -0.1) is 0 Å². The van der Waals surface area contributed by atoms with E-state index in [9.17, 15) is 13.2 Å². The van der Waals surface area contributed by atoms with Gasteiger partial charge in [0.1, 0.15) is 0 Å². The van der Waals surface area contributed by atoms with Crippen molar-refractivity contribution in [3.05, 3.63) is 60.2 Å². The molecule has 2 fully saturated rings. The highest BCUT2D eigenvalue weighted by molar-refractivity contribution is 7.90. The molecule has 160 valence electrons. The first-order valence-corrected chi connectivity index (χ1v) is 12.2. The zero-order chi connectivity index (χ0) is 21.6. The van der Waals surface area contributed by atoms with Crippen LogP contribution in [-0.2, 0) is 15.4 Å². The monoisotopic (exact) mass is 427 g/mol. The quantitative estimate of drug-likeness (QED) is 0.812. The van der Waals surface area contributed by atoms with Crippen molar-refractivity contribution in [2.75, 3.05) is 31.8 Å². The minimum Gasteiger partial charge on any atom is -0.330 e. The molecule has 1 N–H and O–H groups in total. The van der Waals surface area contributed by atoms with Crippen molar-refractivity contribution in [1.29, 1.82) is 0 Å². The summed E-state index contributed by atoms with van der Waals surface area (Å²) in [5, 5.41) is 3.20. The van der Waals surface area contributed by atoms with Gasteiger partial charge in [-0.3, -0.25) is 9.80 Å². The molecule has 0 aromatic heterocycles. The molecule has 4 rings (SSSR count). The maximum Gasteiger partial charge on any atom is 0.322 e. The zero-order valence-corrected chi connectivity index (χ0v) is 18.6. The SMILES string of the molecule is CN(C)[C@]1(c2ccccc2)CC[C@]2(CC1)CN(c1ccccc1S(C)(=O)=O)C(=O)N2. The molecule has 0 radical (unpaired) electrons. The van der Waals surface area contributed by atoms with Gasteiger partial charge in [-0.05, 0) is 57.5 Å². The van der Waals surface area contributed by atoms with Crippen molar-refractivity contribution in [2.24, 2.45) is 0 Å². The van der Waals surface area contributed by atoms with Crippen LogP contribution in [0.25, 0.3) is 0 Å². The third-order valence-corrected chi connectivity index (χ3v) is 7.98. The minimum absolute atomic E-state index is 0.0602. The number of nitrogens with one attached hydrogen (secondary N) is 1. The van der Waals surface area contributed by atoms with Crippen molar-refractivity contribution < 1.29 is 13.2 Å². The number of nitrogens with zero attached hydrogens (tertiary/aromatic N) is 2. The topological polar surface area (TPSA) is 69.7 Å². The van der Waals surface area contributed by atoms with E-state index in [2.05, 4.69) is 48.6 Å². The molecule has 6 nitrogen and oxygen atoms in total. The van der Waals surface area contributed by atoms with E-state index in [0.29, 0.717) is 12.2 Å². The summed E-state index contributed by atoms with van der Waals surface area (Å²) in [6.45, 7) is 0.483. The number of hydrogen-bond donors (Lipinski definition) is 1. The van der Waals surface area contributed by atoms with Crippen molar-refractivity contribution >= 4 is 21.6 Å². The first kappa shape index (κ1) is 20.9. The molecule has 1 spiro atoms. The number of amides is 2. The molecule has 30 heavy (non-hydrogen) atoms. The van der Waals surface area contributed by atoms with Crippen LogP contribution in [-0.4, -0.2) is 51.8 Å². The molecule has 1 aliphatic heterocycles. The number of hydrogen-bond acceptors (Lipinski definition) is 4.